The van der Waals surface area contributed by atoms with Crippen molar-refractivity contribution < 1.29 is 14.0 Å². The third-order valence-electron chi connectivity index (χ3n) is 2.74. The second-order valence-corrected chi connectivity index (χ2v) is 4.46. The highest BCUT2D eigenvalue weighted by molar-refractivity contribution is 7.09. The first-order valence-corrected chi connectivity index (χ1v) is 6.48. The first-order chi connectivity index (χ1) is 9.20. The van der Waals surface area contributed by atoms with E-state index in [2.05, 4.69) is 9.47 Å². The Kier molecular flexibility index (Phi) is 4.78. The molecular formula is C15H17O3P. The Bertz CT molecular complexity index is 495. The van der Waals surface area contributed by atoms with Crippen molar-refractivity contribution in [2.24, 2.45) is 0 Å². The molecule has 2 aromatic rings. The molecule has 0 aliphatic heterocycles. The lowest BCUT2D eigenvalue weighted by Gasteiger charge is -2.20. The second-order valence-electron chi connectivity index (χ2n) is 4.19. The van der Waals surface area contributed by atoms with Crippen LogP contribution in [0.4, 0.5) is 0 Å². The van der Waals surface area contributed by atoms with E-state index in [0.29, 0.717) is 0 Å². The molecule has 0 N–H and O–H groups in total. The quantitative estimate of drug-likeness (QED) is 0.613. The van der Waals surface area contributed by atoms with Crippen molar-refractivity contribution in [1.82, 2.24) is 0 Å². The van der Waals surface area contributed by atoms with E-state index in [0.717, 1.165) is 22.6 Å². The highest BCUT2D eigenvalue weighted by atomic mass is 31.0. The lowest BCUT2D eigenvalue weighted by atomic mass is 10.2. The molecule has 0 bridgehead atoms. The topological polar surface area (TPSA) is 27.7 Å². The molecule has 2 aromatic carbocycles. The van der Waals surface area contributed by atoms with Crippen molar-refractivity contribution >= 4 is 9.47 Å². The van der Waals surface area contributed by atoms with Crippen molar-refractivity contribution in [3.63, 3.8) is 0 Å². The van der Waals surface area contributed by atoms with Crippen LogP contribution in [0.25, 0.3) is 0 Å². The lowest BCUT2D eigenvalue weighted by molar-refractivity contribution is -0.131. The lowest BCUT2D eigenvalue weighted by Crippen LogP contribution is -2.24. The molecule has 0 saturated carbocycles. The minimum atomic E-state index is -0.799. The van der Waals surface area contributed by atoms with Gasteiger partial charge in [-0.25, -0.2) is 0 Å². The van der Waals surface area contributed by atoms with Gasteiger partial charge in [-0.1, -0.05) is 36.4 Å². The number of ether oxygens (including phenoxy) is 2. The minimum absolute atomic E-state index is 0.739. The van der Waals surface area contributed by atoms with Crippen molar-refractivity contribution in [1.29, 1.82) is 0 Å². The minimum Gasteiger partial charge on any atom is -0.432 e. The van der Waals surface area contributed by atoms with Gasteiger partial charge in [-0.15, -0.1) is 0 Å². The van der Waals surface area contributed by atoms with Gasteiger partial charge in [-0.05, 0) is 37.1 Å². The fourth-order valence-electron chi connectivity index (χ4n) is 1.66. The van der Waals surface area contributed by atoms with Crippen LogP contribution in [-0.4, -0.2) is 6.48 Å². The van der Waals surface area contributed by atoms with E-state index in [9.17, 15) is 0 Å². The molecule has 1 atom stereocenters. The third-order valence-corrected chi connectivity index (χ3v) is 2.97. The van der Waals surface area contributed by atoms with Crippen molar-refractivity contribution in [2.45, 2.75) is 20.3 Å². The number of hydrogen-bond acceptors (Lipinski definition) is 3. The highest BCUT2D eigenvalue weighted by Gasteiger charge is 2.13. The zero-order chi connectivity index (χ0) is 13.7. The zero-order valence-corrected chi connectivity index (χ0v) is 12.2. The predicted molar refractivity (Wildman–Crippen MR) is 78.2 cm³/mol. The monoisotopic (exact) mass is 276 g/mol. The molecule has 100 valence electrons. The number of benzene rings is 2. The van der Waals surface area contributed by atoms with Gasteiger partial charge in [0.25, 0.3) is 0 Å². The molecule has 0 amide bonds. The van der Waals surface area contributed by atoms with E-state index in [1.807, 2.05) is 62.4 Å². The Morgan fingerprint density at radius 1 is 0.789 bits per heavy atom. The average molecular weight is 276 g/mol. The molecule has 4 heteroatoms. The molecule has 1 unspecified atom stereocenters. The smallest absolute Gasteiger partial charge is 0.363 e. The summed E-state index contributed by atoms with van der Waals surface area (Å²) in [6.45, 7) is 3.15. The van der Waals surface area contributed by atoms with E-state index < -0.39 is 6.48 Å². The first kappa shape index (κ1) is 13.9. The number of rotatable bonds is 5. The van der Waals surface area contributed by atoms with E-state index >= 15 is 0 Å². The molecule has 3 nitrogen and oxygen atoms in total. The summed E-state index contributed by atoms with van der Waals surface area (Å²) < 4.78 is 16.5. The first-order valence-electron chi connectivity index (χ1n) is 6.01. The summed E-state index contributed by atoms with van der Waals surface area (Å²) in [5.41, 5.74) is 2.06. The Labute approximate surface area is 115 Å². The highest BCUT2D eigenvalue weighted by Crippen LogP contribution is 2.23. The van der Waals surface area contributed by atoms with Gasteiger partial charge in [0, 0.05) is 9.47 Å². The Balaban J connectivity index is 2.09. The third kappa shape index (κ3) is 3.69. The Morgan fingerprint density at radius 3 is 1.58 bits per heavy atom. The maximum absolute atomic E-state index is 5.69. The molecule has 2 rings (SSSR count). The summed E-state index contributed by atoms with van der Waals surface area (Å²) in [7, 11) is 2.17. The van der Waals surface area contributed by atoms with Crippen LogP contribution in [0.2, 0.25) is 0 Å². The Morgan fingerprint density at radius 2 is 1.21 bits per heavy atom. The maximum Gasteiger partial charge on any atom is 0.363 e. The van der Waals surface area contributed by atoms with Crippen molar-refractivity contribution in [3.8, 4) is 11.5 Å². The van der Waals surface area contributed by atoms with E-state index in [1.165, 1.54) is 0 Å². The Hall–Kier alpha value is -1.57. The standard InChI is InChI=1S/C15H17O3P/c1-11-7-3-5-9-13(11)16-15(18-19)17-14-10-6-4-8-12(14)2/h3-10,15H,19H2,1-2H3. The van der Waals surface area contributed by atoms with Gasteiger partial charge in [-0.2, -0.15) is 0 Å². The van der Waals surface area contributed by atoms with Gasteiger partial charge in [0.2, 0.25) is 0 Å². The van der Waals surface area contributed by atoms with Crippen LogP contribution in [0, 0.1) is 13.8 Å². The van der Waals surface area contributed by atoms with Crippen LogP contribution in [0.3, 0.4) is 0 Å². The molecule has 0 aromatic heterocycles. The molecule has 0 spiro atoms. The van der Waals surface area contributed by atoms with E-state index in [1.54, 1.807) is 0 Å². The van der Waals surface area contributed by atoms with Crippen molar-refractivity contribution in [2.75, 3.05) is 0 Å². The number of hydrogen-bond donors (Lipinski definition) is 0. The average Bonchev–Trinajstić information content (AvgIpc) is 2.42. The van der Waals surface area contributed by atoms with Gasteiger partial charge in [0.05, 0.1) is 0 Å². The molecule has 0 radical (unpaired) electrons. The van der Waals surface area contributed by atoms with Crippen LogP contribution in [0.1, 0.15) is 11.1 Å². The fourth-order valence-corrected chi connectivity index (χ4v) is 1.78. The van der Waals surface area contributed by atoms with Crippen LogP contribution >= 0.6 is 9.47 Å². The summed E-state index contributed by atoms with van der Waals surface area (Å²) in [5.74, 6) is 1.48. The van der Waals surface area contributed by atoms with Crippen LogP contribution in [0.5, 0.6) is 11.5 Å². The molecule has 0 aliphatic rings. The van der Waals surface area contributed by atoms with Gasteiger partial charge >= 0.3 is 6.48 Å². The van der Waals surface area contributed by atoms with Gasteiger partial charge in [-0.3, -0.25) is 4.52 Å². The summed E-state index contributed by atoms with van der Waals surface area (Å²) in [5, 5.41) is 0. The summed E-state index contributed by atoms with van der Waals surface area (Å²) in [4.78, 5) is 0. The van der Waals surface area contributed by atoms with Crippen LogP contribution in [0.15, 0.2) is 48.5 Å². The van der Waals surface area contributed by atoms with Gasteiger partial charge in [0.1, 0.15) is 11.5 Å². The summed E-state index contributed by atoms with van der Waals surface area (Å²) in [6, 6.07) is 15.5. The van der Waals surface area contributed by atoms with Gasteiger partial charge < -0.3 is 9.47 Å². The number of aryl methyl sites for hydroxylation is 2. The van der Waals surface area contributed by atoms with Crippen molar-refractivity contribution in [3.05, 3.63) is 59.7 Å². The van der Waals surface area contributed by atoms with E-state index in [-0.39, 0.29) is 0 Å². The van der Waals surface area contributed by atoms with Crippen LogP contribution < -0.4 is 9.47 Å². The fraction of sp³-hybridized carbons (Fsp3) is 0.200. The second kappa shape index (κ2) is 6.55. The molecule has 19 heavy (non-hydrogen) atoms. The predicted octanol–water partition coefficient (Wildman–Crippen LogP) is 3.85. The number of para-hydroxylation sites is 2. The normalized spacial score (nSPS) is 10.5. The maximum atomic E-state index is 5.69. The SMILES string of the molecule is Cc1ccccc1OC(OP)Oc1ccccc1C. The zero-order valence-electron chi connectivity index (χ0n) is 11.0. The molecular weight excluding hydrogens is 259 g/mol. The van der Waals surface area contributed by atoms with Gasteiger partial charge in [0.15, 0.2) is 0 Å². The molecule has 0 aliphatic carbocycles. The largest absolute Gasteiger partial charge is 0.432 e. The summed E-state index contributed by atoms with van der Waals surface area (Å²) >= 11 is 0. The molecule has 0 heterocycles. The summed E-state index contributed by atoms with van der Waals surface area (Å²) in [6.07, 6.45) is 0. The molecule has 0 saturated heterocycles. The van der Waals surface area contributed by atoms with E-state index in [4.69, 9.17) is 14.0 Å². The van der Waals surface area contributed by atoms with Crippen LogP contribution in [-0.2, 0) is 4.52 Å². The molecule has 0 fully saturated rings.